The molecule has 0 saturated carbocycles. The smallest absolute Gasteiger partial charge is 0.243 e. The quantitative estimate of drug-likeness (QED) is 0.571. The van der Waals surface area contributed by atoms with E-state index in [1.54, 1.807) is 12.1 Å². The van der Waals surface area contributed by atoms with Gasteiger partial charge in [0.05, 0.1) is 23.7 Å². The van der Waals surface area contributed by atoms with Crippen LogP contribution in [-0.2, 0) is 14.8 Å². The van der Waals surface area contributed by atoms with Crippen LogP contribution in [0.5, 0.6) is 5.75 Å². The third-order valence-electron chi connectivity index (χ3n) is 5.95. The van der Waals surface area contributed by atoms with Crippen LogP contribution in [0.15, 0.2) is 41.3 Å². The van der Waals surface area contributed by atoms with Gasteiger partial charge in [0, 0.05) is 19.1 Å². The second kappa shape index (κ2) is 11.1. The topological polar surface area (TPSA) is 87.7 Å². The molecule has 180 valence electrons. The molecule has 0 unspecified atom stereocenters. The van der Waals surface area contributed by atoms with Crippen LogP contribution in [0.25, 0.3) is 0 Å². The maximum absolute atomic E-state index is 13.1. The summed E-state index contributed by atoms with van der Waals surface area (Å²) in [7, 11) is -3.61. The zero-order chi connectivity index (χ0) is 24.0. The van der Waals surface area contributed by atoms with Crippen molar-refractivity contribution in [2.75, 3.05) is 31.6 Å². The number of ether oxygens (including phenoxy) is 1. The number of carbonyl (C=O) groups excluding carboxylic acids is 1. The molecular weight excluding hydrogens is 438 g/mol. The highest BCUT2D eigenvalue weighted by atomic mass is 32.2. The summed E-state index contributed by atoms with van der Waals surface area (Å²) in [5, 5.41) is 6.09. The number of carbonyl (C=O) groups is 1. The Kier molecular flexibility index (Phi) is 8.51. The van der Waals surface area contributed by atoms with Crippen molar-refractivity contribution in [3.05, 3.63) is 53.1 Å². The minimum atomic E-state index is -3.61. The molecule has 7 nitrogen and oxygen atoms in total. The molecule has 0 spiro atoms. The Bertz CT molecular complexity index is 1080. The van der Waals surface area contributed by atoms with Crippen LogP contribution in [0, 0.1) is 13.8 Å². The minimum Gasteiger partial charge on any atom is -0.492 e. The van der Waals surface area contributed by atoms with Gasteiger partial charge in [0.1, 0.15) is 5.75 Å². The number of rotatable bonds is 9. The SMILES string of the molecule is CCOc1ccc(S(=O)(=O)N2CCCCC2)cc1NC(=O)CN[C@H](C)c1cc(C)ccc1C. The summed E-state index contributed by atoms with van der Waals surface area (Å²) in [6, 6.07) is 10.9. The molecule has 1 fully saturated rings. The fraction of sp³-hybridized carbons (Fsp3) is 0.480. The Morgan fingerprint density at radius 1 is 1.09 bits per heavy atom. The zero-order valence-corrected chi connectivity index (χ0v) is 20.8. The standard InChI is InChI=1S/C25H35N3O4S/c1-5-32-24-12-11-21(33(30,31)28-13-7-6-8-14-28)16-23(24)27-25(29)17-26-20(4)22-15-18(2)9-10-19(22)3/h9-12,15-16,20,26H,5-8,13-14,17H2,1-4H3,(H,27,29)/t20-/m1/s1. The number of anilines is 1. The van der Waals surface area contributed by atoms with Crippen LogP contribution in [0.2, 0.25) is 0 Å². The van der Waals surface area contributed by atoms with Gasteiger partial charge in [0.25, 0.3) is 0 Å². The van der Waals surface area contributed by atoms with Crippen molar-refractivity contribution in [2.24, 2.45) is 0 Å². The first-order valence-electron chi connectivity index (χ1n) is 11.6. The highest BCUT2D eigenvalue weighted by Crippen LogP contribution is 2.30. The average molecular weight is 474 g/mol. The molecule has 0 aliphatic carbocycles. The number of aryl methyl sites for hydroxylation is 2. The Labute approximate surface area is 197 Å². The molecule has 1 aliphatic rings. The van der Waals surface area contributed by atoms with E-state index >= 15 is 0 Å². The van der Waals surface area contributed by atoms with Gasteiger partial charge in [-0.15, -0.1) is 0 Å². The molecule has 1 saturated heterocycles. The number of nitrogens with zero attached hydrogens (tertiary/aromatic N) is 1. The molecule has 0 radical (unpaired) electrons. The molecule has 0 aromatic heterocycles. The van der Waals surface area contributed by atoms with Gasteiger partial charge in [-0.1, -0.05) is 30.2 Å². The number of amides is 1. The van der Waals surface area contributed by atoms with Gasteiger partial charge >= 0.3 is 0 Å². The van der Waals surface area contributed by atoms with Crippen molar-refractivity contribution < 1.29 is 17.9 Å². The molecule has 3 rings (SSSR count). The van der Waals surface area contributed by atoms with E-state index in [2.05, 4.69) is 35.8 Å². The fourth-order valence-electron chi connectivity index (χ4n) is 4.08. The lowest BCUT2D eigenvalue weighted by molar-refractivity contribution is -0.115. The number of sulfonamides is 1. The number of benzene rings is 2. The molecule has 2 aromatic rings. The van der Waals surface area contributed by atoms with E-state index < -0.39 is 10.0 Å². The van der Waals surface area contributed by atoms with Crippen LogP contribution < -0.4 is 15.4 Å². The molecule has 2 aromatic carbocycles. The second-order valence-electron chi connectivity index (χ2n) is 8.57. The van der Waals surface area contributed by atoms with Crippen LogP contribution in [0.1, 0.15) is 55.8 Å². The maximum Gasteiger partial charge on any atom is 0.243 e. The van der Waals surface area contributed by atoms with E-state index in [4.69, 9.17) is 4.74 Å². The second-order valence-corrected chi connectivity index (χ2v) is 10.5. The molecule has 8 heteroatoms. The van der Waals surface area contributed by atoms with E-state index in [9.17, 15) is 13.2 Å². The molecular formula is C25H35N3O4S. The summed E-state index contributed by atoms with van der Waals surface area (Å²) in [5.74, 6) is 0.187. The third kappa shape index (κ3) is 6.34. The lowest BCUT2D eigenvalue weighted by atomic mass is 10.00. The van der Waals surface area contributed by atoms with Gasteiger partial charge in [0.15, 0.2) is 0 Å². The molecule has 1 aliphatic heterocycles. The van der Waals surface area contributed by atoms with Gasteiger partial charge < -0.3 is 15.4 Å². The highest BCUT2D eigenvalue weighted by Gasteiger charge is 2.27. The highest BCUT2D eigenvalue weighted by molar-refractivity contribution is 7.89. The molecule has 1 amide bonds. The Hall–Kier alpha value is -2.42. The van der Waals surface area contributed by atoms with Gasteiger partial charge in [-0.25, -0.2) is 8.42 Å². The summed E-state index contributed by atoms with van der Waals surface area (Å²) in [6.45, 7) is 9.50. The first kappa shape index (κ1) is 25.2. The Morgan fingerprint density at radius 3 is 2.52 bits per heavy atom. The van der Waals surface area contributed by atoms with Crippen molar-refractivity contribution >= 4 is 21.6 Å². The summed E-state index contributed by atoms with van der Waals surface area (Å²) < 4.78 is 33.3. The number of hydrogen-bond donors (Lipinski definition) is 2. The van der Waals surface area contributed by atoms with Crippen molar-refractivity contribution in [1.29, 1.82) is 0 Å². The zero-order valence-electron chi connectivity index (χ0n) is 20.0. The van der Waals surface area contributed by atoms with E-state index in [1.165, 1.54) is 15.9 Å². The molecule has 0 bridgehead atoms. The summed E-state index contributed by atoms with van der Waals surface area (Å²) in [6.07, 6.45) is 2.78. The van der Waals surface area contributed by atoms with E-state index in [-0.39, 0.29) is 23.4 Å². The summed E-state index contributed by atoms with van der Waals surface area (Å²) in [4.78, 5) is 12.9. The first-order chi connectivity index (χ1) is 15.7. The first-order valence-corrected chi connectivity index (χ1v) is 13.0. The van der Waals surface area contributed by atoms with Crippen molar-refractivity contribution in [2.45, 2.75) is 57.9 Å². The predicted molar refractivity (Wildman–Crippen MR) is 131 cm³/mol. The Balaban J connectivity index is 1.73. The van der Waals surface area contributed by atoms with Gasteiger partial charge in [-0.2, -0.15) is 4.31 Å². The molecule has 1 heterocycles. The lowest BCUT2D eigenvalue weighted by Crippen LogP contribution is -2.35. The summed E-state index contributed by atoms with van der Waals surface area (Å²) >= 11 is 0. The number of nitrogens with one attached hydrogen (secondary N) is 2. The normalized spacial score (nSPS) is 15.8. The van der Waals surface area contributed by atoms with Crippen LogP contribution in [0.4, 0.5) is 5.69 Å². The number of piperidine rings is 1. The summed E-state index contributed by atoms with van der Waals surface area (Å²) in [5.41, 5.74) is 3.84. The largest absolute Gasteiger partial charge is 0.492 e. The van der Waals surface area contributed by atoms with Crippen LogP contribution in [-0.4, -0.2) is 44.9 Å². The van der Waals surface area contributed by atoms with Crippen molar-refractivity contribution in [3.8, 4) is 5.75 Å². The predicted octanol–water partition coefficient (Wildman–Crippen LogP) is 4.17. The number of hydrogen-bond acceptors (Lipinski definition) is 5. The average Bonchev–Trinajstić information content (AvgIpc) is 2.80. The molecule has 33 heavy (non-hydrogen) atoms. The maximum atomic E-state index is 13.1. The van der Waals surface area contributed by atoms with Crippen molar-refractivity contribution in [1.82, 2.24) is 9.62 Å². The van der Waals surface area contributed by atoms with Crippen LogP contribution >= 0.6 is 0 Å². The lowest BCUT2D eigenvalue weighted by Gasteiger charge is -2.26. The molecule has 2 N–H and O–H groups in total. The van der Waals surface area contributed by atoms with Gasteiger partial charge in [-0.05, 0) is 69.9 Å². The minimum absolute atomic E-state index is 0.00664. The van der Waals surface area contributed by atoms with E-state index in [1.807, 2.05) is 20.8 Å². The monoisotopic (exact) mass is 473 g/mol. The Morgan fingerprint density at radius 2 is 1.82 bits per heavy atom. The van der Waals surface area contributed by atoms with Gasteiger partial charge in [-0.3, -0.25) is 4.79 Å². The van der Waals surface area contributed by atoms with Crippen LogP contribution in [0.3, 0.4) is 0 Å². The van der Waals surface area contributed by atoms with Gasteiger partial charge in [0.2, 0.25) is 15.9 Å². The van der Waals surface area contributed by atoms with Crippen molar-refractivity contribution in [3.63, 3.8) is 0 Å². The van der Waals surface area contributed by atoms with E-state index in [0.29, 0.717) is 31.1 Å². The van der Waals surface area contributed by atoms with E-state index in [0.717, 1.165) is 30.4 Å². The third-order valence-corrected chi connectivity index (χ3v) is 7.84. The fourth-order valence-corrected chi connectivity index (χ4v) is 5.62. The molecule has 1 atom stereocenters.